The third-order valence-electron chi connectivity index (χ3n) is 4.68. The Morgan fingerprint density at radius 2 is 1.04 bits per heavy atom. The molecular weight excluding hydrogens is 386 g/mol. The molecule has 1 unspecified atom stereocenters. The lowest BCUT2D eigenvalue weighted by molar-refractivity contribution is -0.298. The van der Waals surface area contributed by atoms with Crippen LogP contribution >= 0.6 is 0 Å². The fourth-order valence-corrected chi connectivity index (χ4v) is 3.06. The van der Waals surface area contributed by atoms with E-state index in [1.54, 1.807) is 0 Å². The van der Waals surface area contributed by atoms with Gasteiger partial charge in [-0.05, 0) is 0 Å². The molecule has 11 atom stereocenters. The predicted octanol–water partition coefficient (Wildman–Crippen LogP) is -6.05. The van der Waals surface area contributed by atoms with Gasteiger partial charge in [0.1, 0.15) is 48.8 Å². The van der Waals surface area contributed by atoms with E-state index in [1.807, 2.05) is 0 Å². The maximum absolute atomic E-state index is 9.98. The normalized spacial score (nSPS) is 45.8. The highest BCUT2D eigenvalue weighted by Crippen LogP contribution is 2.24. The molecule has 2 aliphatic rings. The van der Waals surface area contributed by atoms with E-state index in [1.165, 1.54) is 0 Å². The van der Waals surface area contributed by atoms with Crippen LogP contribution in [0, 0.1) is 0 Å². The Hall–Kier alpha value is -0.520. The summed E-state index contributed by atoms with van der Waals surface area (Å²) in [5.41, 5.74) is 5.85. The average molecular weight is 415 g/mol. The topological polar surface area (TPSA) is 225 Å². The molecule has 166 valence electrons. The van der Waals surface area contributed by atoms with E-state index in [4.69, 9.17) is 24.7 Å². The van der Waals surface area contributed by atoms with E-state index in [0.717, 1.165) is 0 Å². The first-order valence-electron chi connectivity index (χ1n) is 8.81. The third-order valence-corrected chi connectivity index (χ3v) is 4.68. The molecule has 10 N–H and O–H groups in total. The van der Waals surface area contributed by atoms with E-state index in [2.05, 4.69) is 0 Å². The van der Waals surface area contributed by atoms with Crippen molar-refractivity contribution in [3.63, 3.8) is 0 Å². The molecule has 2 fully saturated rings. The van der Waals surface area contributed by atoms with E-state index in [0.29, 0.717) is 0 Å². The molecule has 2 rings (SSSR count). The van der Waals surface area contributed by atoms with Gasteiger partial charge in [0, 0.05) is 0 Å². The second-order valence-corrected chi connectivity index (χ2v) is 6.81. The van der Waals surface area contributed by atoms with Crippen molar-refractivity contribution in [2.75, 3.05) is 26.4 Å². The number of aliphatic hydroxyl groups excluding tert-OH is 8. The lowest BCUT2D eigenvalue weighted by Crippen LogP contribution is -2.60. The molecule has 0 radical (unpaired) electrons. The smallest absolute Gasteiger partial charge is 0.184 e. The van der Waals surface area contributed by atoms with Gasteiger partial charge in [0.15, 0.2) is 12.6 Å². The van der Waals surface area contributed by atoms with Gasteiger partial charge < -0.3 is 65.5 Å². The Labute approximate surface area is 160 Å². The number of nitrogens with two attached hydrogens (primary N) is 1. The third kappa shape index (κ3) is 5.34. The maximum Gasteiger partial charge on any atom is 0.184 e. The number of hydrogen-bond donors (Lipinski definition) is 9. The summed E-state index contributed by atoms with van der Waals surface area (Å²) < 4.78 is 20.7. The molecule has 2 saturated heterocycles. The van der Waals surface area contributed by atoms with Crippen molar-refractivity contribution in [3.05, 3.63) is 0 Å². The monoisotopic (exact) mass is 415 g/mol. The molecule has 0 aromatic rings. The molecule has 2 heterocycles. The Morgan fingerprint density at radius 1 is 0.679 bits per heavy atom. The van der Waals surface area contributed by atoms with Crippen LogP contribution in [0.3, 0.4) is 0 Å². The first kappa shape index (κ1) is 23.8. The minimum Gasteiger partial charge on any atom is -0.394 e. The molecule has 0 amide bonds. The van der Waals surface area contributed by atoms with Crippen molar-refractivity contribution in [3.8, 4) is 0 Å². The van der Waals surface area contributed by atoms with Gasteiger partial charge in [-0.25, -0.2) is 0 Å². The highest BCUT2D eigenvalue weighted by molar-refractivity contribution is 4.91. The van der Waals surface area contributed by atoms with Gasteiger partial charge in [-0.15, -0.1) is 0 Å². The minimum atomic E-state index is -1.67. The van der Waals surface area contributed by atoms with Crippen molar-refractivity contribution < 1.29 is 59.8 Å². The quantitative estimate of drug-likeness (QED) is 0.180. The van der Waals surface area contributed by atoms with Crippen molar-refractivity contribution in [1.29, 1.82) is 0 Å². The minimum absolute atomic E-state index is 0.219. The predicted molar refractivity (Wildman–Crippen MR) is 87.4 cm³/mol. The largest absolute Gasteiger partial charge is 0.394 e. The number of rotatable bonds is 8. The molecule has 28 heavy (non-hydrogen) atoms. The second-order valence-electron chi connectivity index (χ2n) is 6.81. The zero-order chi connectivity index (χ0) is 21.0. The van der Waals surface area contributed by atoms with Crippen LogP contribution in [0.2, 0.25) is 0 Å². The van der Waals surface area contributed by atoms with Crippen molar-refractivity contribution in [2.45, 2.75) is 67.5 Å². The molecule has 0 spiro atoms. The molecular formula is C15H29NO12. The molecule has 0 saturated carbocycles. The van der Waals surface area contributed by atoms with Crippen molar-refractivity contribution >= 4 is 0 Å². The summed E-state index contributed by atoms with van der Waals surface area (Å²) in [4.78, 5) is 0. The summed E-state index contributed by atoms with van der Waals surface area (Å²) in [5, 5.41) is 76.7. The fraction of sp³-hybridized carbons (Fsp3) is 1.00. The van der Waals surface area contributed by atoms with Crippen LogP contribution in [0.15, 0.2) is 0 Å². The molecule has 0 aromatic heterocycles. The summed E-state index contributed by atoms with van der Waals surface area (Å²) >= 11 is 0. The van der Waals surface area contributed by atoms with Gasteiger partial charge >= 0.3 is 0 Å². The molecule has 0 aliphatic carbocycles. The van der Waals surface area contributed by atoms with Crippen LogP contribution in [0.4, 0.5) is 0 Å². The van der Waals surface area contributed by atoms with E-state index >= 15 is 0 Å². The second kappa shape index (κ2) is 10.5. The zero-order valence-electron chi connectivity index (χ0n) is 15.0. The Balaban J connectivity index is 1.85. The lowest BCUT2D eigenvalue weighted by atomic mass is 9.99. The summed E-state index contributed by atoms with van der Waals surface area (Å²) in [5.74, 6) is 0. The Morgan fingerprint density at radius 3 is 1.36 bits per heavy atom. The standard InChI is InChI=1S/C15H29NO12/c16-5(3-25-12-6(1-17)27-14(23)10(21)8(12)19)4-26-13-7(2-18)28-15(24)11(22)9(13)20/h5-15,17-24H,1-4,16H2/t5?,6-,7-,8-,9-,10+,11+,12-,13-,14-,15+/m1/s1. The highest BCUT2D eigenvalue weighted by Gasteiger charge is 2.46. The van der Waals surface area contributed by atoms with Gasteiger partial charge in [-0.3, -0.25) is 0 Å². The molecule has 0 bridgehead atoms. The summed E-state index contributed by atoms with van der Waals surface area (Å²) in [7, 11) is 0. The van der Waals surface area contributed by atoms with Crippen LogP contribution in [-0.4, -0.2) is 135 Å². The van der Waals surface area contributed by atoms with Crippen molar-refractivity contribution in [1.82, 2.24) is 0 Å². The van der Waals surface area contributed by atoms with Crippen LogP contribution < -0.4 is 5.73 Å². The first-order chi connectivity index (χ1) is 13.2. The van der Waals surface area contributed by atoms with Crippen LogP contribution in [-0.2, 0) is 18.9 Å². The van der Waals surface area contributed by atoms with Gasteiger partial charge in [0.2, 0.25) is 0 Å². The maximum atomic E-state index is 9.98. The van der Waals surface area contributed by atoms with Gasteiger partial charge in [-0.2, -0.15) is 0 Å². The highest BCUT2D eigenvalue weighted by atomic mass is 16.7. The van der Waals surface area contributed by atoms with Gasteiger partial charge in [0.25, 0.3) is 0 Å². The van der Waals surface area contributed by atoms with E-state index < -0.39 is 80.7 Å². The average Bonchev–Trinajstić information content (AvgIpc) is 2.68. The summed E-state index contributed by atoms with van der Waals surface area (Å²) in [6.45, 7) is -1.60. The van der Waals surface area contributed by atoms with Crippen LogP contribution in [0.25, 0.3) is 0 Å². The Kier molecular flexibility index (Phi) is 8.90. The van der Waals surface area contributed by atoms with E-state index in [9.17, 15) is 40.9 Å². The number of aliphatic hydroxyl groups is 8. The lowest BCUT2D eigenvalue weighted by Gasteiger charge is -2.41. The molecule has 0 aromatic carbocycles. The van der Waals surface area contributed by atoms with Gasteiger partial charge in [0.05, 0.1) is 32.5 Å². The number of ether oxygens (including phenoxy) is 4. The molecule has 13 nitrogen and oxygen atoms in total. The summed E-state index contributed by atoms with van der Waals surface area (Å²) in [6, 6.07) is -0.814. The Bertz CT molecular complexity index is 428. The van der Waals surface area contributed by atoms with E-state index in [-0.39, 0.29) is 13.2 Å². The van der Waals surface area contributed by atoms with Gasteiger partial charge in [-0.1, -0.05) is 0 Å². The van der Waals surface area contributed by atoms with Crippen LogP contribution in [0.1, 0.15) is 0 Å². The summed E-state index contributed by atoms with van der Waals surface area (Å²) in [6.07, 6.45) is -14.2. The molecule has 13 heteroatoms. The number of hydrogen-bond acceptors (Lipinski definition) is 13. The zero-order valence-corrected chi connectivity index (χ0v) is 15.0. The first-order valence-corrected chi connectivity index (χ1v) is 8.81. The SMILES string of the molecule is NC(CO[C@H]1[C@H](O)[C@H](O)[C@H](O)O[C@@H]1CO)CO[C@H]1[C@H](O)[C@H](O)[C@@H](O)O[C@@H]1CO. The molecule has 2 aliphatic heterocycles. The van der Waals surface area contributed by atoms with Crippen molar-refractivity contribution in [2.24, 2.45) is 5.73 Å². The van der Waals surface area contributed by atoms with Crippen LogP contribution in [0.5, 0.6) is 0 Å². The fourth-order valence-electron chi connectivity index (χ4n) is 3.06.